The van der Waals surface area contributed by atoms with E-state index in [-0.39, 0.29) is 16.3 Å². The van der Waals surface area contributed by atoms with Crippen molar-refractivity contribution < 1.29 is 19.7 Å². The van der Waals surface area contributed by atoms with E-state index >= 15 is 0 Å². The maximum absolute atomic E-state index is 12.9. The van der Waals surface area contributed by atoms with Gasteiger partial charge in [-0.15, -0.1) is 0 Å². The quantitative estimate of drug-likeness (QED) is 0.573. The largest absolute Gasteiger partial charge is 0.397 e. The molecular weight excluding hydrogens is 225 g/mol. The van der Waals surface area contributed by atoms with Gasteiger partial charge in [-0.2, -0.15) is 0 Å². The topological polar surface area (TPSA) is 86.7 Å². The molecule has 0 aromatic heterocycles. The van der Waals surface area contributed by atoms with Crippen LogP contribution in [0.2, 0.25) is 5.02 Å². The molecule has 1 aromatic rings. The summed E-state index contributed by atoms with van der Waals surface area (Å²) in [5, 5.41) is 27.2. The van der Waals surface area contributed by atoms with E-state index in [1.54, 1.807) is 0 Å². The molecule has 0 aliphatic heterocycles. The van der Waals surface area contributed by atoms with Gasteiger partial charge < -0.3 is 21.1 Å². The lowest BCUT2D eigenvalue weighted by Crippen LogP contribution is -2.23. The van der Waals surface area contributed by atoms with E-state index in [1.165, 1.54) is 0 Å². The Balaban J connectivity index is 3.13. The highest BCUT2D eigenvalue weighted by Crippen LogP contribution is 2.30. The van der Waals surface area contributed by atoms with Gasteiger partial charge in [-0.25, -0.2) is 4.39 Å². The first-order valence-electron chi connectivity index (χ1n) is 4.18. The van der Waals surface area contributed by atoms with Gasteiger partial charge in [0.1, 0.15) is 18.0 Å². The Labute approximate surface area is 90.7 Å². The fourth-order valence-electron chi connectivity index (χ4n) is 1.16. The molecule has 4 nitrogen and oxygen atoms in total. The van der Waals surface area contributed by atoms with Crippen LogP contribution in [-0.4, -0.2) is 28.0 Å². The molecule has 6 heteroatoms. The zero-order chi connectivity index (χ0) is 11.6. The Bertz CT molecular complexity index is 361. The molecule has 1 rings (SSSR count). The van der Waals surface area contributed by atoms with Gasteiger partial charge in [0.25, 0.3) is 0 Å². The Morgan fingerprint density at radius 1 is 1.40 bits per heavy atom. The zero-order valence-corrected chi connectivity index (χ0v) is 8.45. The maximum Gasteiger partial charge on any atom is 0.125 e. The second kappa shape index (κ2) is 4.76. The van der Waals surface area contributed by atoms with Gasteiger partial charge in [-0.05, 0) is 12.1 Å². The third-order valence-corrected chi connectivity index (χ3v) is 2.31. The molecule has 84 valence electrons. The zero-order valence-electron chi connectivity index (χ0n) is 7.69. The molecule has 0 aliphatic rings. The number of rotatable bonds is 3. The number of benzene rings is 1. The van der Waals surface area contributed by atoms with Crippen LogP contribution >= 0.6 is 11.6 Å². The van der Waals surface area contributed by atoms with Crippen molar-refractivity contribution in [2.45, 2.75) is 12.2 Å². The van der Waals surface area contributed by atoms with Crippen molar-refractivity contribution in [3.8, 4) is 0 Å². The SMILES string of the molecule is Nc1c(Cl)cc(F)cc1C(O)C(O)CO. The molecule has 1 aromatic carbocycles. The van der Waals surface area contributed by atoms with Crippen molar-refractivity contribution in [1.29, 1.82) is 0 Å². The fraction of sp³-hybridized carbons (Fsp3) is 0.333. The first-order chi connectivity index (χ1) is 6.97. The lowest BCUT2D eigenvalue weighted by Gasteiger charge is -2.18. The van der Waals surface area contributed by atoms with Crippen LogP contribution in [0.5, 0.6) is 0 Å². The number of halogens is 2. The van der Waals surface area contributed by atoms with Crippen molar-refractivity contribution in [3.63, 3.8) is 0 Å². The third kappa shape index (κ3) is 2.57. The molecular formula is C9H11ClFNO3. The molecule has 0 aliphatic carbocycles. The van der Waals surface area contributed by atoms with Crippen LogP contribution < -0.4 is 5.73 Å². The van der Waals surface area contributed by atoms with E-state index in [0.29, 0.717) is 0 Å². The number of aliphatic hydroxyl groups excluding tert-OH is 3. The van der Waals surface area contributed by atoms with Gasteiger partial charge in [0, 0.05) is 5.56 Å². The van der Waals surface area contributed by atoms with E-state index in [0.717, 1.165) is 12.1 Å². The summed E-state index contributed by atoms with van der Waals surface area (Å²) >= 11 is 5.59. The number of anilines is 1. The van der Waals surface area contributed by atoms with Gasteiger partial charge in [0.15, 0.2) is 0 Å². The lowest BCUT2D eigenvalue weighted by atomic mass is 10.0. The Kier molecular flexibility index (Phi) is 3.87. The van der Waals surface area contributed by atoms with Crippen molar-refractivity contribution in [3.05, 3.63) is 28.5 Å². The van der Waals surface area contributed by atoms with Crippen molar-refractivity contribution in [1.82, 2.24) is 0 Å². The standard InChI is InChI=1S/C9H11ClFNO3/c10-6-2-4(11)1-5(8(6)12)9(15)7(14)3-13/h1-2,7,9,13-15H,3,12H2. The molecule has 0 radical (unpaired) electrons. The summed E-state index contributed by atoms with van der Waals surface area (Å²) in [5.41, 5.74) is 5.44. The predicted octanol–water partition coefficient (Wildman–Crippen LogP) is 0.448. The second-order valence-corrected chi connectivity index (χ2v) is 3.49. The molecule has 0 saturated heterocycles. The molecule has 0 fully saturated rings. The normalized spacial score (nSPS) is 15.0. The lowest BCUT2D eigenvalue weighted by molar-refractivity contribution is -0.0150. The molecule has 2 unspecified atom stereocenters. The highest BCUT2D eigenvalue weighted by atomic mass is 35.5. The van der Waals surface area contributed by atoms with Crippen molar-refractivity contribution >= 4 is 17.3 Å². The van der Waals surface area contributed by atoms with Crippen LogP contribution in [0, 0.1) is 5.82 Å². The second-order valence-electron chi connectivity index (χ2n) is 3.09. The summed E-state index contributed by atoms with van der Waals surface area (Å²) in [4.78, 5) is 0. The van der Waals surface area contributed by atoms with Crippen LogP contribution in [0.25, 0.3) is 0 Å². The van der Waals surface area contributed by atoms with E-state index in [1.807, 2.05) is 0 Å². The highest BCUT2D eigenvalue weighted by Gasteiger charge is 2.21. The summed E-state index contributed by atoms with van der Waals surface area (Å²) in [6.07, 6.45) is -2.90. The number of nitrogens with two attached hydrogens (primary N) is 1. The molecule has 0 bridgehead atoms. The smallest absolute Gasteiger partial charge is 0.125 e. The van der Waals surface area contributed by atoms with Crippen LogP contribution in [0.1, 0.15) is 11.7 Å². The first kappa shape index (κ1) is 12.2. The van der Waals surface area contributed by atoms with Crippen LogP contribution in [0.15, 0.2) is 12.1 Å². The maximum atomic E-state index is 12.9. The Hall–Kier alpha value is -0.880. The number of aliphatic hydroxyl groups is 3. The van der Waals surface area contributed by atoms with E-state index in [2.05, 4.69) is 0 Å². The monoisotopic (exact) mass is 235 g/mol. The third-order valence-electron chi connectivity index (χ3n) is 2.00. The summed E-state index contributed by atoms with van der Waals surface area (Å²) in [7, 11) is 0. The molecule has 5 N–H and O–H groups in total. The number of nitrogen functional groups attached to an aromatic ring is 1. The molecule has 0 amide bonds. The van der Waals surface area contributed by atoms with Crippen molar-refractivity contribution in [2.24, 2.45) is 0 Å². The summed E-state index contributed by atoms with van der Waals surface area (Å²) in [6.45, 7) is -0.658. The molecule has 2 atom stereocenters. The van der Waals surface area contributed by atoms with Crippen LogP contribution in [0.3, 0.4) is 0 Å². The summed E-state index contributed by atoms with van der Waals surface area (Å²) in [5.74, 6) is -0.673. The molecule has 0 heterocycles. The van der Waals surface area contributed by atoms with Gasteiger partial charge in [-0.1, -0.05) is 11.6 Å². The summed E-state index contributed by atoms with van der Waals surface area (Å²) in [6, 6.07) is 1.96. The number of hydrogen-bond donors (Lipinski definition) is 4. The molecule has 15 heavy (non-hydrogen) atoms. The minimum Gasteiger partial charge on any atom is -0.397 e. The average molecular weight is 236 g/mol. The van der Waals surface area contributed by atoms with Gasteiger partial charge >= 0.3 is 0 Å². The van der Waals surface area contributed by atoms with Crippen molar-refractivity contribution in [2.75, 3.05) is 12.3 Å². The van der Waals surface area contributed by atoms with E-state index in [9.17, 15) is 9.50 Å². The fourth-order valence-corrected chi connectivity index (χ4v) is 1.37. The summed E-state index contributed by atoms with van der Waals surface area (Å²) < 4.78 is 12.9. The molecule has 0 saturated carbocycles. The van der Waals surface area contributed by atoms with E-state index < -0.39 is 24.6 Å². The number of hydrogen-bond acceptors (Lipinski definition) is 4. The average Bonchev–Trinajstić information content (AvgIpc) is 2.21. The van der Waals surface area contributed by atoms with E-state index in [4.69, 9.17) is 27.5 Å². The minimum absolute atomic E-state index is 0.0157. The van der Waals surface area contributed by atoms with Crippen LogP contribution in [0.4, 0.5) is 10.1 Å². The Morgan fingerprint density at radius 2 is 2.00 bits per heavy atom. The highest BCUT2D eigenvalue weighted by molar-refractivity contribution is 6.33. The molecule has 0 spiro atoms. The van der Waals surface area contributed by atoms with Gasteiger partial charge in [0.05, 0.1) is 17.3 Å². The predicted molar refractivity (Wildman–Crippen MR) is 53.9 cm³/mol. The van der Waals surface area contributed by atoms with Gasteiger partial charge in [-0.3, -0.25) is 0 Å². The first-order valence-corrected chi connectivity index (χ1v) is 4.56. The van der Waals surface area contributed by atoms with Gasteiger partial charge in [0.2, 0.25) is 0 Å². The van der Waals surface area contributed by atoms with Crippen LogP contribution in [-0.2, 0) is 0 Å². The Morgan fingerprint density at radius 3 is 2.53 bits per heavy atom. The minimum atomic E-state index is -1.47.